The van der Waals surface area contributed by atoms with Crippen molar-refractivity contribution in [2.75, 3.05) is 13.7 Å². The van der Waals surface area contributed by atoms with Crippen molar-refractivity contribution in [1.82, 2.24) is 9.47 Å². The standard InChI is InChI=1S/C14H21ClN2O3/c1-9(2)16-7-11(15)6-12(16)14(19)17(10(3)4)8-13(18)20-5/h6-7,9-10H,8H2,1-5H3. The van der Waals surface area contributed by atoms with E-state index in [0.717, 1.165) is 0 Å². The highest BCUT2D eigenvalue weighted by atomic mass is 35.5. The molecule has 112 valence electrons. The van der Waals surface area contributed by atoms with Crippen molar-refractivity contribution in [2.45, 2.75) is 39.8 Å². The predicted molar refractivity (Wildman–Crippen MR) is 78.0 cm³/mol. The van der Waals surface area contributed by atoms with Crippen molar-refractivity contribution < 1.29 is 14.3 Å². The maximum Gasteiger partial charge on any atom is 0.325 e. The number of methoxy groups -OCH3 is 1. The maximum absolute atomic E-state index is 12.6. The molecule has 0 saturated carbocycles. The topological polar surface area (TPSA) is 51.5 Å². The van der Waals surface area contributed by atoms with Gasteiger partial charge >= 0.3 is 5.97 Å². The third-order valence-corrected chi connectivity index (χ3v) is 3.21. The molecule has 0 atom stereocenters. The molecule has 20 heavy (non-hydrogen) atoms. The number of amides is 1. The highest BCUT2D eigenvalue weighted by Crippen LogP contribution is 2.21. The number of nitrogens with zero attached hydrogens (tertiary/aromatic N) is 2. The molecule has 5 nitrogen and oxygen atoms in total. The van der Waals surface area contributed by atoms with E-state index in [4.69, 9.17) is 11.6 Å². The normalized spacial score (nSPS) is 11.0. The first-order chi connectivity index (χ1) is 9.27. The smallest absolute Gasteiger partial charge is 0.325 e. The number of rotatable bonds is 5. The molecule has 1 rings (SSSR count). The van der Waals surface area contributed by atoms with Crippen LogP contribution in [0.5, 0.6) is 0 Å². The monoisotopic (exact) mass is 300 g/mol. The van der Waals surface area contributed by atoms with Gasteiger partial charge in [0, 0.05) is 18.3 Å². The molecule has 0 aliphatic carbocycles. The van der Waals surface area contributed by atoms with Crippen molar-refractivity contribution in [3.05, 3.63) is 23.0 Å². The summed E-state index contributed by atoms with van der Waals surface area (Å²) in [5.41, 5.74) is 0.475. The summed E-state index contributed by atoms with van der Waals surface area (Å²) in [6, 6.07) is 1.61. The van der Waals surface area contributed by atoms with Gasteiger partial charge in [-0.05, 0) is 33.8 Å². The molecule has 1 heterocycles. The van der Waals surface area contributed by atoms with Crippen LogP contribution in [-0.4, -0.2) is 41.0 Å². The van der Waals surface area contributed by atoms with Crippen molar-refractivity contribution in [3.8, 4) is 0 Å². The van der Waals surface area contributed by atoms with Gasteiger partial charge in [0.25, 0.3) is 5.91 Å². The molecule has 0 saturated heterocycles. The number of ether oxygens (including phenoxy) is 1. The quantitative estimate of drug-likeness (QED) is 0.786. The van der Waals surface area contributed by atoms with Crippen LogP contribution in [0, 0.1) is 0 Å². The number of halogens is 1. The molecule has 1 amide bonds. The van der Waals surface area contributed by atoms with Crippen LogP contribution in [0.4, 0.5) is 0 Å². The van der Waals surface area contributed by atoms with Gasteiger partial charge in [0.05, 0.1) is 12.1 Å². The molecule has 6 heteroatoms. The minimum Gasteiger partial charge on any atom is -0.468 e. The second-order valence-electron chi connectivity index (χ2n) is 5.15. The molecule has 0 fully saturated rings. The van der Waals surface area contributed by atoms with E-state index in [9.17, 15) is 9.59 Å². The summed E-state index contributed by atoms with van der Waals surface area (Å²) in [7, 11) is 1.30. The average Bonchev–Trinajstić information content (AvgIpc) is 2.76. The summed E-state index contributed by atoms with van der Waals surface area (Å²) in [6.07, 6.45) is 1.72. The van der Waals surface area contributed by atoms with Crippen molar-refractivity contribution in [2.24, 2.45) is 0 Å². The first kappa shape index (κ1) is 16.6. The van der Waals surface area contributed by atoms with Crippen LogP contribution in [-0.2, 0) is 9.53 Å². The summed E-state index contributed by atoms with van der Waals surface area (Å²) in [6.45, 7) is 7.56. The molecule has 0 aromatic carbocycles. The zero-order valence-electron chi connectivity index (χ0n) is 12.5. The second kappa shape index (κ2) is 6.79. The van der Waals surface area contributed by atoms with Crippen molar-refractivity contribution in [3.63, 3.8) is 0 Å². The number of carbonyl (C=O) groups excluding carboxylic acids is 2. The summed E-state index contributed by atoms with van der Waals surface area (Å²) < 4.78 is 6.44. The third-order valence-electron chi connectivity index (χ3n) is 3.00. The lowest BCUT2D eigenvalue weighted by atomic mass is 10.2. The third kappa shape index (κ3) is 3.76. The Kier molecular flexibility index (Phi) is 5.62. The molecule has 0 radical (unpaired) electrons. The summed E-state index contributed by atoms with van der Waals surface area (Å²) >= 11 is 5.99. The Bertz CT molecular complexity index is 495. The summed E-state index contributed by atoms with van der Waals surface area (Å²) in [5.74, 6) is -0.674. The van der Waals surface area contributed by atoms with Gasteiger partial charge in [0.15, 0.2) is 0 Å². The number of esters is 1. The first-order valence-electron chi connectivity index (χ1n) is 6.53. The fourth-order valence-corrected chi connectivity index (χ4v) is 2.09. The lowest BCUT2D eigenvalue weighted by Gasteiger charge is -2.26. The number of aromatic nitrogens is 1. The molecule has 0 bridgehead atoms. The van der Waals surface area contributed by atoms with Gasteiger partial charge in [-0.15, -0.1) is 0 Å². The van der Waals surface area contributed by atoms with Crippen molar-refractivity contribution in [1.29, 1.82) is 0 Å². The van der Waals surface area contributed by atoms with Gasteiger partial charge in [-0.1, -0.05) is 11.6 Å². The lowest BCUT2D eigenvalue weighted by molar-refractivity contribution is -0.141. The van der Waals surface area contributed by atoms with E-state index < -0.39 is 5.97 Å². The molecule has 0 aliphatic heterocycles. The van der Waals surface area contributed by atoms with Crippen LogP contribution >= 0.6 is 11.6 Å². The molecule has 0 N–H and O–H groups in total. The molecule has 0 unspecified atom stereocenters. The van der Waals surface area contributed by atoms with Gasteiger partial charge in [0.1, 0.15) is 12.2 Å². The van der Waals surface area contributed by atoms with Gasteiger partial charge in [-0.25, -0.2) is 0 Å². The van der Waals surface area contributed by atoms with E-state index in [1.54, 1.807) is 16.8 Å². The van der Waals surface area contributed by atoms with E-state index in [1.165, 1.54) is 12.0 Å². The highest BCUT2D eigenvalue weighted by Gasteiger charge is 2.25. The van der Waals surface area contributed by atoms with Crippen LogP contribution in [0.3, 0.4) is 0 Å². The number of hydrogen-bond donors (Lipinski definition) is 0. The number of carbonyl (C=O) groups is 2. The van der Waals surface area contributed by atoms with Crippen LogP contribution in [0.25, 0.3) is 0 Å². The molecule has 0 aliphatic rings. The predicted octanol–water partition coefficient (Wildman–Crippen LogP) is 2.75. The van der Waals surface area contributed by atoms with Gasteiger partial charge in [-0.2, -0.15) is 0 Å². The fraction of sp³-hybridized carbons (Fsp3) is 0.571. The summed E-state index contributed by atoms with van der Waals surface area (Å²) in [4.78, 5) is 25.5. The van der Waals surface area contributed by atoms with E-state index in [2.05, 4.69) is 4.74 Å². The summed E-state index contributed by atoms with van der Waals surface area (Å²) in [5, 5.41) is 0.504. The second-order valence-corrected chi connectivity index (χ2v) is 5.58. The van der Waals surface area contributed by atoms with Gasteiger partial charge in [-0.3, -0.25) is 9.59 Å². The molecular weight excluding hydrogens is 280 g/mol. The van der Waals surface area contributed by atoms with Gasteiger partial charge in [0.2, 0.25) is 0 Å². The molecule has 1 aromatic rings. The lowest BCUT2D eigenvalue weighted by Crippen LogP contribution is -2.42. The Morgan fingerprint density at radius 1 is 1.35 bits per heavy atom. The van der Waals surface area contributed by atoms with E-state index in [-0.39, 0.29) is 24.5 Å². The Morgan fingerprint density at radius 2 is 1.95 bits per heavy atom. The average molecular weight is 301 g/mol. The molecule has 1 aromatic heterocycles. The van der Waals surface area contributed by atoms with Crippen LogP contribution < -0.4 is 0 Å². The van der Waals surface area contributed by atoms with Crippen LogP contribution in [0.15, 0.2) is 12.3 Å². The minimum absolute atomic E-state index is 0.0755. The number of hydrogen-bond acceptors (Lipinski definition) is 3. The van der Waals surface area contributed by atoms with Crippen LogP contribution in [0.1, 0.15) is 44.2 Å². The Morgan fingerprint density at radius 3 is 2.40 bits per heavy atom. The van der Waals surface area contributed by atoms with E-state index in [1.807, 2.05) is 27.7 Å². The largest absolute Gasteiger partial charge is 0.468 e. The Hall–Kier alpha value is -1.49. The minimum atomic E-state index is -0.444. The van der Waals surface area contributed by atoms with E-state index >= 15 is 0 Å². The zero-order chi connectivity index (χ0) is 15.4. The van der Waals surface area contributed by atoms with E-state index in [0.29, 0.717) is 10.7 Å². The first-order valence-corrected chi connectivity index (χ1v) is 6.90. The molecule has 0 spiro atoms. The Balaban J connectivity index is 3.09. The SMILES string of the molecule is COC(=O)CN(C(=O)c1cc(Cl)cn1C(C)C)C(C)C. The Labute approximate surface area is 124 Å². The molecular formula is C14H21ClN2O3. The fourth-order valence-electron chi connectivity index (χ4n) is 1.88. The highest BCUT2D eigenvalue weighted by molar-refractivity contribution is 6.31. The van der Waals surface area contributed by atoms with Crippen LogP contribution in [0.2, 0.25) is 5.02 Å². The van der Waals surface area contributed by atoms with Gasteiger partial charge < -0.3 is 14.2 Å². The van der Waals surface area contributed by atoms with Crippen molar-refractivity contribution >= 4 is 23.5 Å². The zero-order valence-corrected chi connectivity index (χ0v) is 13.3. The maximum atomic E-state index is 12.6.